The van der Waals surface area contributed by atoms with E-state index in [1.165, 1.54) is 16.8 Å². The summed E-state index contributed by atoms with van der Waals surface area (Å²) >= 11 is 0. The van der Waals surface area contributed by atoms with E-state index in [-0.39, 0.29) is 24.4 Å². The highest BCUT2D eigenvalue weighted by molar-refractivity contribution is 5.85. The van der Waals surface area contributed by atoms with Crippen molar-refractivity contribution in [3.8, 4) is 5.69 Å². The van der Waals surface area contributed by atoms with Crippen LogP contribution in [-0.2, 0) is 11.2 Å². The number of nitrogens with zero attached hydrogens (tertiary/aromatic N) is 2. The Kier molecular flexibility index (Phi) is 6.02. The van der Waals surface area contributed by atoms with Crippen LogP contribution in [0.15, 0.2) is 24.4 Å². The van der Waals surface area contributed by atoms with Crippen LogP contribution in [0, 0.1) is 13.8 Å². The molecule has 1 aromatic heterocycles. The minimum atomic E-state index is 0. The number of nitrogens with one attached hydrogen (secondary N) is 1. The van der Waals surface area contributed by atoms with Gasteiger partial charge in [-0.05, 0) is 50.3 Å². The highest BCUT2D eigenvalue weighted by Gasteiger charge is 2.26. The monoisotopic (exact) mass is 348 g/mol. The maximum absolute atomic E-state index is 11.9. The van der Waals surface area contributed by atoms with Gasteiger partial charge in [-0.2, -0.15) is 5.10 Å². The minimum absolute atomic E-state index is 0. The van der Waals surface area contributed by atoms with E-state index < -0.39 is 0 Å². The van der Waals surface area contributed by atoms with Crippen molar-refractivity contribution in [2.75, 3.05) is 6.54 Å². The van der Waals surface area contributed by atoms with Gasteiger partial charge in [-0.1, -0.05) is 12.1 Å². The largest absolute Gasteiger partial charge is 0.349 e. The highest BCUT2D eigenvalue weighted by atomic mass is 35.5. The molecule has 1 aliphatic carbocycles. The molecular formula is C18H25ClN4O. The Morgan fingerprint density at radius 3 is 2.96 bits per heavy atom. The first kappa shape index (κ1) is 18.5. The Hall–Kier alpha value is -1.85. The van der Waals surface area contributed by atoms with Gasteiger partial charge in [0, 0.05) is 24.2 Å². The number of amides is 1. The lowest BCUT2D eigenvalue weighted by atomic mass is 9.92. The standard InChI is InChI=1S/C18H24N4O.ClH/c1-12-5-3-7-16(13(12)2)22-17-8-4-6-15(14(17)11-20-22)21-18(23)9-10-19;/h3,5,7,11,15H,4,6,8-10,19H2,1-2H3,(H,21,23);1H. The molecule has 130 valence electrons. The third-order valence-electron chi connectivity index (χ3n) is 4.69. The third-order valence-corrected chi connectivity index (χ3v) is 4.69. The summed E-state index contributed by atoms with van der Waals surface area (Å²) in [6, 6.07) is 6.34. The fourth-order valence-electron chi connectivity index (χ4n) is 3.28. The van der Waals surface area contributed by atoms with Gasteiger partial charge in [-0.15, -0.1) is 12.4 Å². The van der Waals surface area contributed by atoms with E-state index in [1.54, 1.807) is 0 Å². The summed E-state index contributed by atoms with van der Waals surface area (Å²) in [6.45, 7) is 4.62. The van der Waals surface area contributed by atoms with Crippen LogP contribution >= 0.6 is 12.4 Å². The van der Waals surface area contributed by atoms with Crippen LogP contribution in [0.2, 0.25) is 0 Å². The molecule has 5 nitrogen and oxygen atoms in total. The number of aromatic nitrogens is 2. The molecular weight excluding hydrogens is 324 g/mol. The molecule has 1 aromatic carbocycles. The predicted molar refractivity (Wildman–Crippen MR) is 97.8 cm³/mol. The van der Waals surface area contributed by atoms with Gasteiger partial charge in [0.15, 0.2) is 0 Å². The van der Waals surface area contributed by atoms with Crippen molar-refractivity contribution in [2.24, 2.45) is 5.73 Å². The second-order valence-corrected chi connectivity index (χ2v) is 6.23. The number of rotatable bonds is 4. The first-order valence-corrected chi connectivity index (χ1v) is 8.24. The smallest absolute Gasteiger partial charge is 0.221 e. The second-order valence-electron chi connectivity index (χ2n) is 6.23. The van der Waals surface area contributed by atoms with Crippen LogP contribution in [0.1, 0.15) is 47.7 Å². The lowest BCUT2D eigenvalue weighted by Gasteiger charge is -2.24. The summed E-state index contributed by atoms with van der Waals surface area (Å²) < 4.78 is 2.04. The van der Waals surface area contributed by atoms with Crippen LogP contribution in [0.25, 0.3) is 5.69 Å². The molecule has 2 aromatic rings. The van der Waals surface area contributed by atoms with Gasteiger partial charge >= 0.3 is 0 Å². The Morgan fingerprint density at radius 1 is 1.42 bits per heavy atom. The van der Waals surface area contributed by atoms with Gasteiger partial charge in [0.25, 0.3) is 0 Å². The number of hydrogen-bond acceptors (Lipinski definition) is 3. The normalized spacial score (nSPS) is 16.2. The number of carbonyl (C=O) groups is 1. The minimum Gasteiger partial charge on any atom is -0.349 e. The molecule has 6 heteroatoms. The molecule has 0 spiro atoms. The van der Waals surface area contributed by atoms with E-state index in [9.17, 15) is 4.79 Å². The van der Waals surface area contributed by atoms with Gasteiger partial charge in [0.1, 0.15) is 0 Å². The molecule has 0 aliphatic heterocycles. The van der Waals surface area contributed by atoms with Crippen molar-refractivity contribution in [3.05, 3.63) is 46.8 Å². The van der Waals surface area contributed by atoms with E-state index in [2.05, 4.69) is 42.5 Å². The Bertz CT molecular complexity index is 726. The molecule has 24 heavy (non-hydrogen) atoms. The summed E-state index contributed by atoms with van der Waals surface area (Å²) in [5.41, 5.74) is 11.4. The second kappa shape index (κ2) is 7.81. The molecule has 1 aliphatic rings. The summed E-state index contributed by atoms with van der Waals surface area (Å²) in [4.78, 5) is 11.9. The van der Waals surface area contributed by atoms with Crippen LogP contribution < -0.4 is 11.1 Å². The number of fused-ring (bicyclic) bond motifs is 1. The Labute approximate surface area is 149 Å². The number of hydrogen-bond donors (Lipinski definition) is 2. The number of carbonyl (C=O) groups excluding carboxylic acids is 1. The van der Waals surface area contributed by atoms with Crippen LogP contribution in [0.4, 0.5) is 0 Å². The van der Waals surface area contributed by atoms with Gasteiger partial charge in [-0.3, -0.25) is 4.79 Å². The molecule has 0 bridgehead atoms. The summed E-state index contributed by atoms with van der Waals surface area (Å²) in [7, 11) is 0. The predicted octanol–water partition coefficient (Wildman–Crippen LogP) is 2.75. The average Bonchev–Trinajstić information content (AvgIpc) is 2.95. The molecule has 0 fully saturated rings. The average molecular weight is 349 g/mol. The van der Waals surface area contributed by atoms with E-state index in [0.717, 1.165) is 30.5 Å². The van der Waals surface area contributed by atoms with E-state index in [1.807, 2.05) is 10.9 Å². The first-order valence-electron chi connectivity index (χ1n) is 8.24. The van der Waals surface area contributed by atoms with Crippen molar-refractivity contribution in [1.82, 2.24) is 15.1 Å². The maximum Gasteiger partial charge on any atom is 0.221 e. The first-order chi connectivity index (χ1) is 11.1. The molecule has 1 unspecified atom stereocenters. The fraction of sp³-hybridized carbons (Fsp3) is 0.444. The van der Waals surface area contributed by atoms with Gasteiger partial charge < -0.3 is 11.1 Å². The van der Waals surface area contributed by atoms with E-state index in [4.69, 9.17) is 5.73 Å². The fourth-order valence-corrected chi connectivity index (χ4v) is 3.28. The summed E-state index contributed by atoms with van der Waals surface area (Å²) in [5.74, 6) is 0.0184. The van der Waals surface area contributed by atoms with Gasteiger partial charge in [0.05, 0.1) is 17.9 Å². The lowest BCUT2D eigenvalue weighted by molar-refractivity contribution is -0.121. The van der Waals surface area contributed by atoms with E-state index in [0.29, 0.717) is 13.0 Å². The summed E-state index contributed by atoms with van der Waals surface area (Å²) in [6.07, 6.45) is 5.28. The zero-order chi connectivity index (χ0) is 16.4. The molecule has 1 heterocycles. The lowest BCUT2D eigenvalue weighted by Crippen LogP contribution is -2.32. The SMILES string of the molecule is Cc1cccc(-n2ncc3c2CCCC3NC(=O)CCN)c1C.Cl. The molecule has 0 radical (unpaired) electrons. The highest BCUT2D eigenvalue weighted by Crippen LogP contribution is 2.32. The van der Waals surface area contributed by atoms with Crippen LogP contribution in [0.5, 0.6) is 0 Å². The number of benzene rings is 1. The maximum atomic E-state index is 11.9. The van der Waals surface area contributed by atoms with E-state index >= 15 is 0 Å². The van der Waals surface area contributed by atoms with Crippen LogP contribution in [0.3, 0.4) is 0 Å². The van der Waals surface area contributed by atoms with Gasteiger partial charge in [0.2, 0.25) is 5.91 Å². The number of aryl methyl sites for hydroxylation is 1. The van der Waals surface area contributed by atoms with Crippen molar-refractivity contribution >= 4 is 18.3 Å². The third kappa shape index (κ3) is 3.47. The van der Waals surface area contributed by atoms with Crippen molar-refractivity contribution in [3.63, 3.8) is 0 Å². The van der Waals surface area contributed by atoms with Gasteiger partial charge in [-0.25, -0.2) is 4.68 Å². The number of halogens is 1. The molecule has 0 saturated heterocycles. The quantitative estimate of drug-likeness (QED) is 0.892. The molecule has 3 N–H and O–H groups in total. The van der Waals surface area contributed by atoms with Crippen LogP contribution in [-0.4, -0.2) is 22.2 Å². The summed E-state index contributed by atoms with van der Waals surface area (Å²) in [5, 5.41) is 7.71. The molecule has 3 rings (SSSR count). The molecule has 1 amide bonds. The van der Waals surface area contributed by atoms with Crippen molar-refractivity contribution in [1.29, 1.82) is 0 Å². The number of nitrogens with two attached hydrogens (primary N) is 1. The zero-order valence-corrected chi connectivity index (χ0v) is 15.0. The topological polar surface area (TPSA) is 72.9 Å². The molecule has 1 atom stereocenters. The van der Waals surface area contributed by atoms with Crippen molar-refractivity contribution < 1.29 is 4.79 Å². The zero-order valence-electron chi connectivity index (χ0n) is 14.2. The Balaban J connectivity index is 0.00000208. The van der Waals surface area contributed by atoms with Crippen molar-refractivity contribution in [2.45, 2.75) is 45.6 Å². The Morgan fingerprint density at radius 2 is 2.21 bits per heavy atom. The molecule has 0 saturated carbocycles.